The number of carbonyl (C=O) groups is 1. The van der Waals surface area contributed by atoms with Gasteiger partial charge >= 0.3 is 0 Å². The smallest absolute Gasteiger partial charge is 0.264 e. The summed E-state index contributed by atoms with van der Waals surface area (Å²) in [6.07, 6.45) is 3.04. The number of furan rings is 1. The van der Waals surface area contributed by atoms with Gasteiger partial charge in [-0.15, -0.1) is 0 Å². The highest BCUT2D eigenvalue weighted by atomic mass is 35.5. The number of nitrogens with one attached hydrogen (secondary N) is 1. The van der Waals surface area contributed by atoms with Crippen molar-refractivity contribution in [1.82, 2.24) is 5.32 Å². The van der Waals surface area contributed by atoms with Crippen molar-refractivity contribution in [2.45, 2.75) is 11.4 Å². The van der Waals surface area contributed by atoms with Gasteiger partial charge in [0.2, 0.25) is 0 Å². The lowest BCUT2D eigenvalue weighted by Crippen LogP contribution is -2.27. The van der Waals surface area contributed by atoms with Crippen LogP contribution in [0.5, 0.6) is 0 Å². The van der Waals surface area contributed by atoms with Crippen LogP contribution in [0.25, 0.3) is 0 Å². The van der Waals surface area contributed by atoms with Crippen LogP contribution in [0.15, 0.2) is 76.4 Å². The first-order valence-corrected chi connectivity index (χ1v) is 9.83. The lowest BCUT2D eigenvalue weighted by molar-refractivity contribution is 0.0950. The number of amides is 1. The summed E-state index contributed by atoms with van der Waals surface area (Å²) in [7, 11) is -2.41. The Hall–Kier alpha value is -2.77. The fourth-order valence-electron chi connectivity index (χ4n) is 2.44. The van der Waals surface area contributed by atoms with Crippen molar-refractivity contribution in [2.75, 3.05) is 11.4 Å². The van der Waals surface area contributed by atoms with Crippen LogP contribution in [0.1, 0.15) is 15.9 Å². The van der Waals surface area contributed by atoms with Crippen LogP contribution in [-0.2, 0) is 16.6 Å². The first-order chi connectivity index (χ1) is 12.9. The van der Waals surface area contributed by atoms with E-state index in [9.17, 15) is 13.2 Å². The Balaban J connectivity index is 1.82. The molecule has 0 radical (unpaired) electrons. The molecule has 0 aliphatic carbocycles. The predicted molar refractivity (Wildman–Crippen MR) is 103 cm³/mol. The van der Waals surface area contributed by atoms with Crippen LogP contribution >= 0.6 is 11.6 Å². The van der Waals surface area contributed by atoms with E-state index >= 15 is 0 Å². The van der Waals surface area contributed by atoms with E-state index in [-0.39, 0.29) is 22.9 Å². The molecule has 2 aromatic carbocycles. The molecule has 0 atom stereocenters. The maximum atomic E-state index is 12.9. The number of nitrogens with zero attached hydrogens (tertiary/aromatic N) is 1. The maximum absolute atomic E-state index is 12.9. The normalized spacial score (nSPS) is 11.2. The standard InChI is InChI=1S/C19H17ClN2O4S/c1-22(17-6-3-5-16(20)11-17)27(24,25)18-7-2-4-15(10-18)19(23)21-12-14-8-9-26-13-14/h2-11,13H,12H2,1H3,(H,21,23). The highest BCUT2D eigenvalue weighted by Crippen LogP contribution is 2.25. The highest BCUT2D eigenvalue weighted by molar-refractivity contribution is 7.92. The second-order valence-electron chi connectivity index (χ2n) is 5.79. The van der Waals surface area contributed by atoms with Gasteiger partial charge in [-0.05, 0) is 42.5 Å². The predicted octanol–water partition coefficient (Wildman–Crippen LogP) is 3.69. The summed E-state index contributed by atoms with van der Waals surface area (Å²) in [5.74, 6) is -0.376. The molecule has 0 unspecified atom stereocenters. The lowest BCUT2D eigenvalue weighted by atomic mass is 10.2. The van der Waals surface area contributed by atoms with Gasteiger partial charge in [0.25, 0.3) is 15.9 Å². The van der Waals surface area contributed by atoms with Crippen LogP contribution < -0.4 is 9.62 Å². The minimum atomic E-state index is -3.84. The van der Waals surface area contributed by atoms with Gasteiger partial charge < -0.3 is 9.73 Å². The van der Waals surface area contributed by atoms with E-state index in [0.717, 1.165) is 9.87 Å². The van der Waals surface area contributed by atoms with E-state index < -0.39 is 10.0 Å². The Morgan fingerprint density at radius 3 is 2.63 bits per heavy atom. The average molecular weight is 405 g/mol. The third-order valence-corrected chi connectivity index (χ3v) is 5.98. The zero-order valence-corrected chi connectivity index (χ0v) is 16.0. The molecule has 0 fully saturated rings. The largest absolute Gasteiger partial charge is 0.472 e. The molecule has 0 bridgehead atoms. The summed E-state index contributed by atoms with van der Waals surface area (Å²) < 4.78 is 31.9. The van der Waals surface area contributed by atoms with E-state index in [1.54, 1.807) is 36.4 Å². The van der Waals surface area contributed by atoms with Crippen molar-refractivity contribution in [3.8, 4) is 0 Å². The fourth-order valence-corrected chi connectivity index (χ4v) is 3.86. The van der Waals surface area contributed by atoms with E-state index in [1.807, 2.05) is 0 Å². The number of hydrogen-bond acceptors (Lipinski definition) is 4. The summed E-state index contributed by atoms with van der Waals surface area (Å²) in [4.78, 5) is 12.4. The molecule has 3 rings (SSSR count). The molecule has 140 valence electrons. The monoisotopic (exact) mass is 404 g/mol. The SMILES string of the molecule is CN(c1cccc(Cl)c1)S(=O)(=O)c1cccc(C(=O)NCc2ccoc2)c1. The molecule has 0 aliphatic rings. The number of carbonyl (C=O) groups excluding carboxylic acids is 1. The van der Waals surface area contributed by atoms with Crippen LogP contribution in [0.4, 0.5) is 5.69 Å². The van der Waals surface area contributed by atoms with Gasteiger partial charge in [0.15, 0.2) is 0 Å². The minimum absolute atomic E-state index is 0.0148. The topological polar surface area (TPSA) is 79.6 Å². The van der Waals surface area contributed by atoms with Gasteiger partial charge in [-0.1, -0.05) is 23.7 Å². The minimum Gasteiger partial charge on any atom is -0.472 e. The van der Waals surface area contributed by atoms with Crippen molar-refractivity contribution in [3.05, 3.63) is 83.3 Å². The summed E-state index contributed by atoms with van der Waals surface area (Å²) in [6.45, 7) is 0.286. The molecule has 1 N–H and O–H groups in total. The molecule has 0 aliphatic heterocycles. The number of sulfonamides is 1. The van der Waals surface area contributed by atoms with E-state index in [2.05, 4.69) is 5.32 Å². The van der Waals surface area contributed by atoms with Crippen LogP contribution in [0, 0.1) is 0 Å². The van der Waals surface area contributed by atoms with Crippen molar-refractivity contribution in [1.29, 1.82) is 0 Å². The Morgan fingerprint density at radius 2 is 1.93 bits per heavy atom. The van der Waals surface area contributed by atoms with Crippen LogP contribution in [-0.4, -0.2) is 21.4 Å². The average Bonchev–Trinajstić information content (AvgIpc) is 3.19. The summed E-state index contributed by atoms with van der Waals surface area (Å²) >= 11 is 5.95. The van der Waals surface area contributed by atoms with Crippen LogP contribution in [0.2, 0.25) is 5.02 Å². The third-order valence-electron chi connectivity index (χ3n) is 3.96. The molecule has 1 aromatic heterocycles. The van der Waals surface area contributed by atoms with Crippen LogP contribution in [0.3, 0.4) is 0 Å². The van der Waals surface area contributed by atoms with E-state index in [0.29, 0.717) is 10.7 Å². The molecule has 6 nitrogen and oxygen atoms in total. The van der Waals surface area contributed by atoms with Crippen molar-refractivity contribution in [2.24, 2.45) is 0 Å². The van der Waals surface area contributed by atoms with Gasteiger partial charge in [-0.3, -0.25) is 9.10 Å². The maximum Gasteiger partial charge on any atom is 0.264 e. The first-order valence-electron chi connectivity index (χ1n) is 8.02. The molecule has 8 heteroatoms. The lowest BCUT2D eigenvalue weighted by Gasteiger charge is -2.20. The number of benzene rings is 2. The molecule has 27 heavy (non-hydrogen) atoms. The summed E-state index contributed by atoms with van der Waals surface area (Å²) in [5.41, 5.74) is 1.49. The molecule has 0 saturated carbocycles. The molecule has 0 spiro atoms. The second-order valence-corrected chi connectivity index (χ2v) is 8.20. The zero-order chi connectivity index (χ0) is 19.4. The Kier molecular flexibility index (Phi) is 5.53. The Bertz CT molecular complexity index is 1050. The molecule has 3 aromatic rings. The van der Waals surface area contributed by atoms with E-state index in [4.69, 9.17) is 16.0 Å². The third kappa shape index (κ3) is 4.32. The zero-order valence-electron chi connectivity index (χ0n) is 14.4. The van der Waals surface area contributed by atoms with Crippen molar-refractivity contribution < 1.29 is 17.6 Å². The fraction of sp³-hybridized carbons (Fsp3) is 0.105. The highest BCUT2D eigenvalue weighted by Gasteiger charge is 2.22. The second kappa shape index (κ2) is 7.85. The summed E-state index contributed by atoms with van der Waals surface area (Å²) in [6, 6.07) is 14.2. The van der Waals surface area contributed by atoms with Gasteiger partial charge in [-0.25, -0.2) is 8.42 Å². The molecular formula is C19H17ClN2O4S. The number of anilines is 1. The molecular weight excluding hydrogens is 388 g/mol. The number of rotatable bonds is 6. The first kappa shape index (κ1) is 19.0. The molecule has 1 heterocycles. The number of hydrogen-bond donors (Lipinski definition) is 1. The van der Waals surface area contributed by atoms with Crippen molar-refractivity contribution >= 4 is 33.2 Å². The van der Waals surface area contributed by atoms with Crippen molar-refractivity contribution in [3.63, 3.8) is 0 Å². The molecule has 1 amide bonds. The quantitative estimate of drug-likeness (QED) is 0.679. The van der Waals surface area contributed by atoms with Gasteiger partial charge in [0.1, 0.15) is 0 Å². The molecule has 0 saturated heterocycles. The summed E-state index contributed by atoms with van der Waals surface area (Å²) in [5, 5.41) is 3.16. The Morgan fingerprint density at radius 1 is 1.15 bits per heavy atom. The van der Waals surface area contributed by atoms with E-state index in [1.165, 1.54) is 37.8 Å². The van der Waals surface area contributed by atoms with Gasteiger partial charge in [0.05, 0.1) is 23.1 Å². The van der Waals surface area contributed by atoms with Gasteiger partial charge in [-0.2, -0.15) is 0 Å². The number of halogens is 1. The van der Waals surface area contributed by atoms with Gasteiger partial charge in [0, 0.05) is 29.7 Å². The Labute approximate surface area is 162 Å².